The Kier molecular flexibility index (Phi) is 3.53. The maximum absolute atomic E-state index is 6.54. The van der Waals surface area contributed by atoms with Gasteiger partial charge in [-0.3, -0.25) is 0 Å². The molecule has 1 aromatic carbocycles. The van der Waals surface area contributed by atoms with Gasteiger partial charge in [0.05, 0.1) is 0 Å². The molecule has 0 fully saturated rings. The topological polar surface area (TPSA) is 28.7 Å². The molecule has 0 radical (unpaired) electrons. The molecule has 1 atom stereocenters. The first-order valence-electron chi connectivity index (χ1n) is 5.78. The molecule has 1 N–H and O–H groups in total. The molecule has 2 rings (SSSR count). The van der Waals surface area contributed by atoms with Crippen molar-refractivity contribution in [1.29, 1.82) is 0 Å². The van der Waals surface area contributed by atoms with Crippen LogP contribution in [0.25, 0.3) is 0 Å². The molecule has 2 aromatic rings. The molecule has 0 aliphatic heterocycles. The van der Waals surface area contributed by atoms with E-state index in [1.165, 1.54) is 5.56 Å². The van der Waals surface area contributed by atoms with E-state index in [2.05, 4.69) is 35.9 Å². The molecule has 0 aliphatic rings. The first-order valence-corrected chi connectivity index (χ1v) is 6.22. The van der Waals surface area contributed by atoms with Crippen molar-refractivity contribution in [1.82, 2.24) is 9.97 Å². The van der Waals surface area contributed by atoms with E-state index >= 15 is 0 Å². The van der Waals surface area contributed by atoms with Crippen molar-refractivity contribution in [3.05, 3.63) is 54.1 Å². The van der Waals surface area contributed by atoms with Crippen molar-refractivity contribution in [2.75, 3.05) is 0 Å². The Bertz CT molecular complexity index is 448. The highest BCUT2D eigenvalue weighted by Gasteiger charge is 2.30. The Labute approximate surface area is 107 Å². The van der Waals surface area contributed by atoms with Crippen molar-refractivity contribution in [3.63, 3.8) is 0 Å². The number of nitrogens with zero attached hydrogens (tertiary/aromatic N) is 1. The van der Waals surface area contributed by atoms with Crippen LogP contribution in [0, 0.1) is 0 Å². The average molecular weight is 249 g/mol. The molecule has 1 aromatic heterocycles. The molecule has 90 valence electrons. The maximum atomic E-state index is 6.54. The number of H-pyrrole nitrogens is 1. The summed E-state index contributed by atoms with van der Waals surface area (Å²) >= 11 is 6.54. The number of halogens is 1. The van der Waals surface area contributed by atoms with Crippen molar-refractivity contribution in [2.24, 2.45) is 0 Å². The van der Waals surface area contributed by atoms with Crippen LogP contribution in [0.3, 0.4) is 0 Å². The average Bonchev–Trinajstić information content (AvgIpc) is 2.83. The molecule has 17 heavy (non-hydrogen) atoms. The lowest BCUT2D eigenvalue weighted by atomic mass is 9.80. The molecular weight excluding hydrogens is 232 g/mol. The second-order valence-electron chi connectivity index (χ2n) is 4.80. The van der Waals surface area contributed by atoms with Crippen LogP contribution in [0.4, 0.5) is 0 Å². The lowest BCUT2D eigenvalue weighted by Gasteiger charge is -2.30. The van der Waals surface area contributed by atoms with E-state index in [1.807, 2.05) is 24.4 Å². The predicted molar refractivity (Wildman–Crippen MR) is 71.4 cm³/mol. The minimum Gasteiger partial charge on any atom is -0.349 e. The summed E-state index contributed by atoms with van der Waals surface area (Å²) in [4.78, 5) is 7.32. The summed E-state index contributed by atoms with van der Waals surface area (Å²) < 4.78 is 0. The third-order valence-electron chi connectivity index (χ3n) is 3.23. The Morgan fingerprint density at radius 2 is 2.00 bits per heavy atom. The zero-order valence-electron chi connectivity index (χ0n) is 10.2. The molecule has 0 amide bonds. The normalized spacial score (nSPS) is 13.6. The van der Waals surface area contributed by atoms with Gasteiger partial charge in [-0.15, -0.1) is 11.6 Å². The number of alkyl halides is 1. The zero-order chi connectivity index (χ0) is 12.3. The van der Waals surface area contributed by atoms with Crippen molar-refractivity contribution >= 4 is 11.6 Å². The Morgan fingerprint density at radius 3 is 2.59 bits per heavy atom. The van der Waals surface area contributed by atoms with Gasteiger partial charge < -0.3 is 4.98 Å². The van der Waals surface area contributed by atoms with Gasteiger partial charge >= 0.3 is 0 Å². The van der Waals surface area contributed by atoms with Crippen molar-refractivity contribution in [3.8, 4) is 0 Å². The molecule has 2 nitrogen and oxygen atoms in total. The first kappa shape index (κ1) is 12.2. The Morgan fingerprint density at radius 1 is 1.29 bits per heavy atom. The molecule has 0 saturated heterocycles. The summed E-state index contributed by atoms with van der Waals surface area (Å²) in [7, 11) is 0. The van der Waals surface area contributed by atoms with E-state index in [0.717, 1.165) is 12.2 Å². The van der Waals surface area contributed by atoms with Crippen LogP contribution in [0.1, 0.15) is 25.2 Å². The van der Waals surface area contributed by atoms with Gasteiger partial charge in [0.25, 0.3) is 0 Å². The van der Waals surface area contributed by atoms with Gasteiger partial charge in [0, 0.05) is 29.6 Å². The molecule has 3 heteroatoms. The van der Waals surface area contributed by atoms with E-state index in [0.29, 0.717) is 0 Å². The summed E-state index contributed by atoms with van der Waals surface area (Å²) in [6.45, 7) is 4.34. The van der Waals surface area contributed by atoms with E-state index in [-0.39, 0.29) is 10.8 Å². The Hall–Kier alpha value is -1.28. The summed E-state index contributed by atoms with van der Waals surface area (Å²) in [6.07, 6.45) is 4.33. The minimum atomic E-state index is -0.0738. The second kappa shape index (κ2) is 4.92. The van der Waals surface area contributed by atoms with E-state index in [1.54, 1.807) is 6.20 Å². The smallest absolute Gasteiger partial charge is 0.107 e. The van der Waals surface area contributed by atoms with E-state index in [4.69, 9.17) is 11.6 Å². The number of benzene rings is 1. The summed E-state index contributed by atoms with van der Waals surface area (Å²) in [6, 6.07) is 10.4. The highest BCUT2D eigenvalue weighted by Crippen LogP contribution is 2.32. The van der Waals surface area contributed by atoms with Gasteiger partial charge in [-0.25, -0.2) is 4.98 Å². The molecule has 1 unspecified atom stereocenters. The molecule has 1 heterocycles. The molecular formula is C14H17ClN2. The molecule has 0 spiro atoms. The fourth-order valence-corrected chi connectivity index (χ4v) is 2.16. The van der Waals surface area contributed by atoms with Gasteiger partial charge in [-0.05, 0) is 5.56 Å². The third kappa shape index (κ3) is 2.70. The number of rotatable bonds is 4. The van der Waals surface area contributed by atoms with Gasteiger partial charge in [0.1, 0.15) is 5.82 Å². The lowest BCUT2D eigenvalue weighted by Crippen LogP contribution is -2.31. The number of nitrogens with one attached hydrogen (secondary N) is 1. The molecule has 0 saturated carbocycles. The maximum Gasteiger partial charge on any atom is 0.107 e. The zero-order valence-corrected chi connectivity index (χ0v) is 10.9. The van der Waals surface area contributed by atoms with Gasteiger partial charge in [-0.1, -0.05) is 44.2 Å². The number of aromatic amines is 1. The van der Waals surface area contributed by atoms with Crippen molar-refractivity contribution in [2.45, 2.75) is 31.1 Å². The van der Waals surface area contributed by atoms with Crippen LogP contribution in [0.15, 0.2) is 42.7 Å². The monoisotopic (exact) mass is 248 g/mol. The fraction of sp³-hybridized carbons (Fsp3) is 0.357. The highest BCUT2D eigenvalue weighted by atomic mass is 35.5. The van der Waals surface area contributed by atoms with Crippen LogP contribution in [0.2, 0.25) is 0 Å². The van der Waals surface area contributed by atoms with Crippen molar-refractivity contribution < 1.29 is 0 Å². The van der Waals surface area contributed by atoms with Crippen LogP contribution >= 0.6 is 11.6 Å². The second-order valence-corrected chi connectivity index (χ2v) is 5.32. The van der Waals surface area contributed by atoms with Gasteiger partial charge in [0.2, 0.25) is 0 Å². The van der Waals surface area contributed by atoms with Crippen LogP contribution < -0.4 is 0 Å². The first-order chi connectivity index (χ1) is 8.10. The quantitative estimate of drug-likeness (QED) is 0.824. The largest absolute Gasteiger partial charge is 0.349 e. The van der Waals surface area contributed by atoms with Gasteiger partial charge in [0.15, 0.2) is 0 Å². The highest BCUT2D eigenvalue weighted by molar-refractivity contribution is 6.21. The van der Waals surface area contributed by atoms with Gasteiger partial charge in [-0.2, -0.15) is 0 Å². The SMILES string of the molecule is CC(C)(c1ccccc1)C(Cl)Cc1ncc[nH]1. The van der Waals surface area contributed by atoms with Crippen LogP contribution in [-0.2, 0) is 11.8 Å². The number of imidazole rings is 1. The van der Waals surface area contributed by atoms with E-state index < -0.39 is 0 Å². The lowest BCUT2D eigenvalue weighted by molar-refractivity contribution is 0.483. The van der Waals surface area contributed by atoms with Crippen LogP contribution in [0.5, 0.6) is 0 Å². The summed E-state index contributed by atoms with van der Waals surface area (Å²) in [5.41, 5.74) is 1.18. The summed E-state index contributed by atoms with van der Waals surface area (Å²) in [5.74, 6) is 0.939. The Balaban J connectivity index is 2.15. The number of hydrogen-bond acceptors (Lipinski definition) is 1. The molecule has 0 bridgehead atoms. The standard InChI is InChI=1S/C14H17ClN2/c1-14(2,11-6-4-3-5-7-11)12(15)10-13-16-8-9-17-13/h3-9,12H,10H2,1-2H3,(H,16,17). The van der Waals surface area contributed by atoms with E-state index in [9.17, 15) is 0 Å². The molecule has 0 aliphatic carbocycles. The predicted octanol–water partition coefficient (Wildman–Crippen LogP) is 3.54. The number of aromatic nitrogens is 2. The minimum absolute atomic E-state index is 0.0102. The summed E-state index contributed by atoms with van der Waals surface area (Å²) in [5, 5.41) is 0.0102. The van der Waals surface area contributed by atoms with Crippen LogP contribution in [-0.4, -0.2) is 15.3 Å². The third-order valence-corrected chi connectivity index (χ3v) is 3.93. The number of hydrogen-bond donors (Lipinski definition) is 1. The fourth-order valence-electron chi connectivity index (χ4n) is 1.88.